The van der Waals surface area contributed by atoms with Crippen LogP contribution in [0.4, 0.5) is 10.5 Å². The Morgan fingerprint density at radius 2 is 1.79 bits per heavy atom. The highest BCUT2D eigenvalue weighted by molar-refractivity contribution is 5.86. The fourth-order valence-electron chi connectivity index (χ4n) is 4.75. The van der Waals surface area contributed by atoms with Crippen LogP contribution in [-0.4, -0.2) is 61.0 Å². The van der Waals surface area contributed by atoms with Crippen molar-refractivity contribution in [3.05, 3.63) is 65.5 Å². The van der Waals surface area contributed by atoms with E-state index in [4.69, 9.17) is 14.5 Å². The van der Waals surface area contributed by atoms with E-state index in [2.05, 4.69) is 47.4 Å². The number of anilines is 1. The SMILES string of the molecule is CC(C)(C)OC(=O)N1CC=C(C2=CCc3ncc(-c4ccc(N5CCOCC5)cc4)cc32)CC1. The predicted molar refractivity (Wildman–Crippen MR) is 135 cm³/mol. The standard InChI is InChI=1S/C28H33N3O3/c1-28(2,3)34-27(32)31-12-10-21(11-13-31)24-8-9-26-25(24)18-22(19-29-26)20-4-6-23(7-5-20)30-14-16-33-17-15-30/h4-8,10,18-19H,9,11-17H2,1-3H3. The van der Waals surface area contributed by atoms with Crippen LogP contribution in [0.5, 0.6) is 0 Å². The van der Waals surface area contributed by atoms with Gasteiger partial charge in [0.1, 0.15) is 5.60 Å². The lowest BCUT2D eigenvalue weighted by atomic mass is 9.94. The maximum Gasteiger partial charge on any atom is 0.410 e. The monoisotopic (exact) mass is 459 g/mol. The average molecular weight is 460 g/mol. The highest BCUT2D eigenvalue weighted by Gasteiger charge is 2.26. The van der Waals surface area contributed by atoms with Crippen molar-refractivity contribution in [2.75, 3.05) is 44.3 Å². The fourth-order valence-corrected chi connectivity index (χ4v) is 4.75. The summed E-state index contributed by atoms with van der Waals surface area (Å²) in [6, 6.07) is 11.0. The first kappa shape index (κ1) is 22.7. The van der Waals surface area contributed by atoms with Crippen molar-refractivity contribution in [3.63, 3.8) is 0 Å². The Morgan fingerprint density at radius 1 is 1.03 bits per heavy atom. The molecule has 0 N–H and O–H groups in total. The molecule has 0 atom stereocenters. The summed E-state index contributed by atoms with van der Waals surface area (Å²) < 4.78 is 11.0. The van der Waals surface area contributed by atoms with Crippen molar-refractivity contribution in [1.29, 1.82) is 0 Å². The van der Waals surface area contributed by atoms with Crippen LogP contribution in [-0.2, 0) is 15.9 Å². The number of hydrogen-bond acceptors (Lipinski definition) is 5. The van der Waals surface area contributed by atoms with Crippen LogP contribution in [0.15, 0.2) is 54.3 Å². The molecule has 2 aromatic rings. The van der Waals surface area contributed by atoms with Crippen LogP contribution in [0.25, 0.3) is 16.7 Å². The van der Waals surface area contributed by atoms with E-state index < -0.39 is 5.60 Å². The quantitative estimate of drug-likeness (QED) is 0.640. The van der Waals surface area contributed by atoms with Gasteiger partial charge >= 0.3 is 6.09 Å². The highest BCUT2D eigenvalue weighted by atomic mass is 16.6. The molecule has 1 saturated heterocycles. The van der Waals surface area contributed by atoms with E-state index in [1.54, 1.807) is 4.90 Å². The third kappa shape index (κ3) is 4.87. The van der Waals surface area contributed by atoms with Crippen molar-refractivity contribution >= 4 is 17.4 Å². The third-order valence-corrected chi connectivity index (χ3v) is 6.54. The lowest BCUT2D eigenvalue weighted by Gasteiger charge is -2.30. The molecule has 1 aliphatic carbocycles. The molecule has 34 heavy (non-hydrogen) atoms. The van der Waals surface area contributed by atoms with Crippen LogP contribution in [0.3, 0.4) is 0 Å². The molecule has 0 bridgehead atoms. The summed E-state index contributed by atoms with van der Waals surface area (Å²) in [5, 5.41) is 0. The van der Waals surface area contributed by atoms with Gasteiger partial charge in [0.05, 0.1) is 18.9 Å². The number of hydrogen-bond donors (Lipinski definition) is 0. The number of fused-ring (bicyclic) bond motifs is 1. The number of benzene rings is 1. The molecule has 6 heteroatoms. The topological polar surface area (TPSA) is 54.9 Å². The maximum absolute atomic E-state index is 12.4. The van der Waals surface area contributed by atoms with Gasteiger partial charge in [0, 0.05) is 55.6 Å². The Labute approximate surface area is 201 Å². The summed E-state index contributed by atoms with van der Waals surface area (Å²) in [6.45, 7) is 10.4. The van der Waals surface area contributed by atoms with Crippen molar-refractivity contribution in [2.45, 2.75) is 39.2 Å². The zero-order valence-corrected chi connectivity index (χ0v) is 20.3. The van der Waals surface area contributed by atoms with Gasteiger partial charge in [-0.25, -0.2) is 4.79 Å². The molecule has 1 fully saturated rings. The van der Waals surface area contributed by atoms with E-state index in [-0.39, 0.29) is 6.09 Å². The van der Waals surface area contributed by atoms with Gasteiger partial charge in [-0.05, 0) is 62.1 Å². The van der Waals surface area contributed by atoms with Gasteiger partial charge in [-0.15, -0.1) is 0 Å². The molecule has 0 radical (unpaired) electrons. The van der Waals surface area contributed by atoms with Gasteiger partial charge in [-0.3, -0.25) is 4.98 Å². The summed E-state index contributed by atoms with van der Waals surface area (Å²) >= 11 is 0. The Hall–Kier alpha value is -3.12. The minimum Gasteiger partial charge on any atom is -0.444 e. The molecule has 3 heterocycles. The molecular formula is C28H33N3O3. The Bertz CT molecular complexity index is 1120. The summed E-state index contributed by atoms with van der Waals surface area (Å²) in [5.41, 5.74) is 7.96. The van der Waals surface area contributed by atoms with Crippen LogP contribution in [0.1, 0.15) is 38.4 Å². The van der Waals surface area contributed by atoms with E-state index >= 15 is 0 Å². The van der Waals surface area contributed by atoms with Crippen LogP contribution < -0.4 is 4.90 Å². The lowest BCUT2D eigenvalue weighted by Crippen LogP contribution is -2.39. The second-order valence-electron chi connectivity index (χ2n) is 10.1. The number of allylic oxidation sites excluding steroid dienone is 2. The molecule has 1 aromatic carbocycles. The molecule has 3 aliphatic rings. The molecule has 6 nitrogen and oxygen atoms in total. The largest absolute Gasteiger partial charge is 0.444 e. The number of pyridine rings is 1. The number of morpholine rings is 1. The number of amides is 1. The highest BCUT2D eigenvalue weighted by Crippen LogP contribution is 2.37. The fraction of sp³-hybridized carbons (Fsp3) is 0.429. The Balaban J connectivity index is 1.31. The van der Waals surface area contributed by atoms with Crippen molar-refractivity contribution in [3.8, 4) is 11.1 Å². The smallest absolute Gasteiger partial charge is 0.410 e. The number of aromatic nitrogens is 1. The van der Waals surface area contributed by atoms with Crippen LogP contribution in [0.2, 0.25) is 0 Å². The molecule has 0 saturated carbocycles. The minimum atomic E-state index is -0.476. The molecule has 0 spiro atoms. The average Bonchev–Trinajstić information content (AvgIpc) is 3.27. The van der Waals surface area contributed by atoms with E-state index in [0.717, 1.165) is 50.4 Å². The van der Waals surface area contributed by atoms with E-state index in [1.165, 1.54) is 28.0 Å². The molecule has 5 rings (SSSR count). The molecule has 178 valence electrons. The van der Waals surface area contributed by atoms with Crippen molar-refractivity contribution in [1.82, 2.24) is 9.88 Å². The van der Waals surface area contributed by atoms with Gasteiger partial charge in [0.2, 0.25) is 0 Å². The zero-order valence-electron chi connectivity index (χ0n) is 20.3. The molecular weight excluding hydrogens is 426 g/mol. The molecule has 1 aromatic heterocycles. The van der Waals surface area contributed by atoms with Gasteiger partial charge in [0.15, 0.2) is 0 Å². The number of carbonyl (C=O) groups excluding carboxylic acids is 1. The second kappa shape index (κ2) is 9.26. The first-order chi connectivity index (χ1) is 16.4. The second-order valence-corrected chi connectivity index (χ2v) is 10.1. The summed E-state index contributed by atoms with van der Waals surface area (Å²) in [6.07, 6.45) is 7.86. The maximum atomic E-state index is 12.4. The van der Waals surface area contributed by atoms with E-state index in [1.807, 2.05) is 27.0 Å². The van der Waals surface area contributed by atoms with Gasteiger partial charge in [-0.2, -0.15) is 0 Å². The summed E-state index contributed by atoms with van der Waals surface area (Å²) in [7, 11) is 0. The number of ether oxygens (including phenoxy) is 2. The third-order valence-electron chi connectivity index (χ3n) is 6.54. The Morgan fingerprint density at radius 3 is 2.47 bits per heavy atom. The Kier molecular flexibility index (Phi) is 6.17. The first-order valence-corrected chi connectivity index (χ1v) is 12.2. The van der Waals surface area contributed by atoms with Gasteiger partial charge in [0.25, 0.3) is 0 Å². The van der Waals surface area contributed by atoms with Crippen LogP contribution in [0, 0.1) is 0 Å². The normalized spacial score (nSPS) is 18.3. The molecule has 2 aliphatic heterocycles. The number of rotatable bonds is 3. The first-order valence-electron chi connectivity index (χ1n) is 12.2. The number of carbonyl (C=O) groups is 1. The van der Waals surface area contributed by atoms with E-state index in [9.17, 15) is 4.79 Å². The predicted octanol–water partition coefficient (Wildman–Crippen LogP) is 5.09. The van der Waals surface area contributed by atoms with Crippen LogP contribution >= 0.6 is 0 Å². The van der Waals surface area contributed by atoms with E-state index in [0.29, 0.717) is 13.1 Å². The van der Waals surface area contributed by atoms with Crippen molar-refractivity contribution in [2.24, 2.45) is 0 Å². The van der Waals surface area contributed by atoms with Crippen molar-refractivity contribution < 1.29 is 14.3 Å². The lowest BCUT2D eigenvalue weighted by molar-refractivity contribution is 0.0267. The van der Waals surface area contributed by atoms with Gasteiger partial charge < -0.3 is 19.3 Å². The summed E-state index contributed by atoms with van der Waals surface area (Å²) in [4.78, 5) is 21.3. The summed E-state index contributed by atoms with van der Waals surface area (Å²) in [5.74, 6) is 0. The van der Waals surface area contributed by atoms with Gasteiger partial charge in [-0.1, -0.05) is 24.3 Å². The minimum absolute atomic E-state index is 0.243. The zero-order chi connectivity index (χ0) is 23.7. The molecule has 1 amide bonds. The molecule has 0 unspecified atom stereocenters. The number of nitrogens with zero attached hydrogens (tertiary/aromatic N) is 3.